The molecule has 11 heavy (non-hydrogen) atoms. The Morgan fingerprint density at radius 3 is 2.09 bits per heavy atom. The highest BCUT2D eigenvalue weighted by Crippen LogP contribution is 1.96. The molecular weight excluding hydrogens is 143 g/mol. The highest BCUT2D eigenvalue weighted by Gasteiger charge is 2.20. The molecule has 60 valence electrons. The summed E-state index contributed by atoms with van der Waals surface area (Å²) < 4.78 is 1.63. The first kappa shape index (κ1) is 8.29. The van der Waals surface area contributed by atoms with E-state index in [0.29, 0.717) is 11.2 Å². The van der Waals surface area contributed by atoms with Crippen LogP contribution in [0.1, 0.15) is 11.4 Å². The molecule has 1 rings (SSSR count). The van der Waals surface area contributed by atoms with Crippen molar-refractivity contribution in [3.63, 3.8) is 0 Å². The van der Waals surface area contributed by atoms with Gasteiger partial charge < -0.3 is 10.0 Å². The van der Waals surface area contributed by atoms with Gasteiger partial charge in [0.05, 0.1) is 5.69 Å². The van der Waals surface area contributed by atoms with Crippen LogP contribution in [0.3, 0.4) is 0 Å². The Labute approximate surface area is 65.6 Å². The zero-order chi connectivity index (χ0) is 8.59. The van der Waals surface area contributed by atoms with Gasteiger partial charge in [-0.1, -0.05) is 0 Å². The van der Waals surface area contributed by atoms with E-state index in [1.807, 2.05) is 0 Å². The molecule has 0 amide bonds. The van der Waals surface area contributed by atoms with Gasteiger partial charge in [-0.25, -0.2) is 0 Å². The minimum absolute atomic E-state index is 0.507. The van der Waals surface area contributed by atoms with Crippen molar-refractivity contribution < 1.29 is 10.0 Å². The molecule has 5 heteroatoms. The van der Waals surface area contributed by atoms with Gasteiger partial charge in [0.15, 0.2) is 0 Å². The number of nitrogens with zero attached hydrogens (tertiary/aromatic N) is 2. The van der Waals surface area contributed by atoms with E-state index in [0.717, 1.165) is 5.69 Å². The quantitative estimate of drug-likeness (QED) is 0.495. The van der Waals surface area contributed by atoms with Crippen LogP contribution < -0.4 is 5.46 Å². The Morgan fingerprint density at radius 1 is 1.36 bits per heavy atom. The van der Waals surface area contributed by atoms with Crippen LogP contribution in [0.2, 0.25) is 0 Å². The van der Waals surface area contributed by atoms with Gasteiger partial charge >= 0.3 is 7.12 Å². The first-order valence-electron chi connectivity index (χ1n) is 3.40. The van der Waals surface area contributed by atoms with Crippen molar-refractivity contribution in [3.05, 3.63) is 11.4 Å². The van der Waals surface area contributed by atoms with E-state index in [2.05, 4.69) is 5.10 Å². The molecule has 0 bridgehead atoms. The van der Waals surface area contributed by atoms with Gasteiger partial charge in [-0.15, -0.1) is 0 Å². The maximum absolute atomic E-state index is 8.90. The molecule has 0 aromatic carbocycles. The summed E-state index contributed by atoms with van der Waals surface area (Å²) in [6.07, 6.45) is 0. The molecule has 0 unspecified atom stereocenters. The molecule has 2 N–H and O–H groups in total. The molecule has 0 radical (unpaired) electrons. The number of aromatic nitrogens is 2. The van der Waals surface area contributed by atoms with Gasteiger partial charge in [-0.3, -0.25) is 4.68 Å². The second-order valence-corrected chi connectivity index (χ2v) is 2.58. The van der Waals surface area contributed by atoms with Crippen LogP contribution in [-0.2, 0) is 7.05 Å². The van der Waals surface area contributed by atoms with Crippen LogP contribution in [0.4, 0.5) is 0 Å². The van der Waals surface area contributed by atoms with Gasteiger partial charge in [-0.05, 0) is 13.8 Å². The minimum Gasteiger partial charge on any atom is -0.423 e. The average Bonchev–Trinajstić information content (AvgIpc) is 2.07. The predicted octanol–water partition coefficient (Wildman–Crippen LogP) is -1.28. The van der Waals surface area contributed by atoms with Crippen molar-refractivity contribution in [2.45, 2.75) is 13.8 Å². The summed E-state index contributed by atoms with van der Waals surface area (Å²) in [6.45, 7) is 3.55. The second kappa shape index (κ2) is 2.67. The highest BCUT2D eigenvalue weighted by molar-refractivity contribution is 6.59. The summed E-state index contributed by atoms with van der Waals surface area (Å²) in [5.74, 6) is 0. The molecule has 0 spiro atoms. The van der Waals surface area contributed by atoms with Crippen LogP contribution in [0.15, 0.2) is 0 Å². The second-order valence-electron chi connectivity index (χ2n) is 2.58. The first-order valence-corrected chi connectivity index (χ1v) is 3.40. The van der Waals surface area contributed by atoms with E-state index < -0.39 is 7.12 Å². The standard InChI is InChI=1S/C6H11BN2O2/c1-4-6(7(10)11)5(2)9(3)8-4/h10-11H,1-3H3. The first-order chi connectivity index (χ1) is 5.04. The topological polar surface area (TPSA) is 58.3 Å². The lowest BCUT2D eigenvalue weighted by atomic mass is 9.78. The molecule has 0 atom stereocenters. The van der Waals surface area contributed by atoms with Crippen molar-refractivity contribution in [1.82, 2.24) is 9.78 Å². The molecule has 4 nitrogen and oxygen atoms in total. The number of rotatable bonds is 1. The molecule has 0 saturated carbocycles. The molecule has 1 aromatic rings. The third-order valence-corrected chi connectivity index (χ3v) is 1.82. The van der Waals surface area contributed by atoms with E-state index in [1.54, 1.807) is 25.6 Å². The molecular formula is C6H11BN2O2. The molecule has 0 aliphatic carbocycles. The average molecular weight is 154 g/mol. The molecule has 0 saturated heterocycles. The maximum atomic E-state index is 8.90. The third kappa shape index (κ3) is 1.29. The predicted molar refractivity (Wildman–Crippen MR) is 42.5 cm³/mol. The van der Waals surface area contributed by atoms with E-state index in [4.69, 9.17) is 10.0 Å². The number of hydrogen-bond donors (Lipinski definition) is 2. The third-order valence-electron chi connectivity index (χ3n) is 1.82. The van der Waals surface area contributed by atoms with Crippen molar-refractivity contribution >= 4 is 12.6 Å². The van der Waals surface area contributed by atoms with Gasteiger partial charge in [0.2, 0.25) is 0 Å². The lowest BCUT2D eigenvalue weighted by Gasteiger charge is -1.97. The van der Waals surface area contributed by atoms with Gasteiger partial charge in [0.1, 0.15) is 0 Å². The van der Waals surface area contributed by atoms with E-state index in [9.17, 15) is 0 Å². The van der Waals surface area contributed by atoms with E-state index >= 15 is 0 Å². The zero-order valence-electron chi connectivity index (χ0n) is 6.87. The summed E-state index contributed by atoms with van der Waals surface area (Å²) in [4.78, 5) is 0. The van der Waals surface area contributed by atoms with Crippen molar-refractivity contribution in [1.29, 1.82) is 0 Å². The van der Waals surface area contributed by atoms with E-state index in [1.165, 1.54) is 0 Å². The summed E-state index contributed by atoms with van der Waals surface area (Å²) in [5.41, 5.74) is 1.96. The summed E-state index contributed by atoms with van der Waals surface area (Å²) in [7, 11) is 0.359. The summed E-state index contributed by atoms with van der Waals surface area (Å²) in [6, 6.07) is 0. The van der Waals surface area contributed by atoms with Gasteiger partial charge in [0, 0.05) is 18.2 Å². The summed E-state index contributed by atoms with van der Waals surface area (Å²) in [5, 5.41) is 21.8. The highest BCUT2D eigenvalue weighted by atomic mass is 16.4. The Morgan fingerprint density at radius 2 is 1.91 bits per heavy atom. The van der Waals surface area contributed by atoms with Crippen LogP contribution >= 0.6 is 0 Å². The fraction of sp³-hybridized carbons (Fsp3) is 0.500. The SMILES string of the molecule is Cc1nn(C)c(C)c1B(O)O. The van der Waals surface area contributed by atoms with Crippen LogP contribution in [0.25, 0.3) is 0 Å². The van der Waals surface area contributed by atoms with Gasteiger partial charge in [-0.2, -0.15) is 5.10 Å². The number of aryl methyl sites for hydroxylation is 2. The Kier molecular flexibility index (Phi) is 2.02. The molecule has 0 fully saturated rings. The van der Waals surface area contributed by atoms with E-state index in [-0.39, 0.29) is 0 Å². The lowest BCUT2D eigenvalue weighted by molar-refractivity contribution is 0.425. The molecule has 0 aliphatic rings. The smallest absolute Gasteiger partial charge is 0.423 e. The Bertz CT molecular complexity index is 270. The molecule has 1 aromatic heterocycles. The normalized spacial score (nSPS) is 10.3. The lowest BCUT2D eigenvalue weighted by Crippen LogP contribution is -2.33. The van der Waals surface area contributed by atoms with Gasteiger partial charge in [0.25, 0.3) is 0 Å². The molecule has 1 heterocycles. The van der Waals surface area contributed by atoms with Crippen LogP contribution in [0, 0.1) is 13.8 Å². The Hall–Kier alpha value is -0.805. The van der Waals surface area contributed by atoms with Crippen molar-refractivity contribution in [2.75, 3.05) is 0 Å². The van der Waals surface area contributed by atoms with Crippen molar-refractivity contribution in [3.8, 4) is 0 Å². The maximum Gasteiger partial charge on any atom is 0.492 e. The minimum atomic E-state index is -1.41. The number of hydrogen-bond acceptors (Lipinski definition) is 3. The summed E-state index contributed by atoms with van der Waals surface area (Å²) >= 11 is 0. The molecule has 0 aliphatic heterocycles. The largest absolute Gasteiger partial charge is 0.492 e. The fourth-order valence-electron chi connectivity index (χ4n) is 1.16. The monoisotopic (exact) mass is 154 g/mol. The van der Waals surface area contributed by atoms with Crippen LogP contribution in [-0.4, -0.2) is 26.9 Å². The van der Waals surface area contributed by atoms with Crippen molar-refractivity contribution in [2.24, 2.45) is 7.05 Å². The van der Waals surface area contributed by atoms with Crippen LogP contribution in [0.5, 0.6) is 0 Å². The fourth-order valence-corrected chi connectivity index (χ4v) is 1.16. The zero-order valence-corrected chi connectivity index (χ0v) is 6.87. The Balaban J connectivity index is 3.22.